The van der Waals surface area contributed by atoms with Gasteiger partial charge in [0.25, 0.3) is 0 Å². The first kappa shape index (κ1) is 15.4. The number of aliphatic carboxylic acids is 2. The van der Waals surface area contributed by atoms with E-state index in [0.29, 0.717) is 0 Å². The highest BCUT2D eigenvalue weighted by atomic mass is 16.4. The molecule has 0 saturated heterocycles. The van der Waals surface area contributed by atoms with E-state index >= 15 is 0 Å². The zero-order valence-electron chi connectivity index (χ0n) is 8.99. The van der Waals surface area contributed by atoms with Crippen molar-refractivity contribution in [2.75, 3.05) is 19.6 Å². The van der Waals surface area contributed by atoms with E-state index in [2.05, 4.69) is 25.7 Å². The lowest BCUT2D eigenvalue weighted by Crippen LogP contribution is -2.21. The molecule has 2 N–H and O–H groups in total. The van der Waals surface area contributed by atoms with Crippen molar-refractivity contribution < 1.29 is 19.8 Å². The molecule has 0 rings (SSSR count). The van der Waals surface area contributed by atoms with E-state index in [-0.39, 0.29) is 0 Å². The number of carbonyl (C=O) groups is 2. The van der Waals surface area contributed by atoms with Gasteiger partial charge in [-0.2, -0.15) is 0 Å². The molecule has 0 spiro atoms. The Morgan fingerprint density at radius 3 is 1.21 bits per heavy atom. The van der Waals surface area contributed by atoms with Crippen molar-refractivity contribution in [2.45, 2.75) is 27.2 Å². The fourth-order valence-electron chi connectivity index (χ4n) is 0.800. The fraction of sp³-hybridized carbons (Fsp3) is 0.778. The molecule has 0 aromatic rings. The zero-order chi connectivity index (χ0) is 11.6. The van der Waals surface area contributed by atoms with Crippen LogP contribution in [0.1, 0.15) is 27.2 Å². The van der Waals surface area contributed by atoms with Gasteiger partial charge in [0, 0.05) is 0 Å². The van der Waals surface area contributed by atoms with Crippen molar-refractivity contribution in [3.63, 3.8) is 0 Å². The molecule has 0 saturated carbocycles. The van der Waals surface area contributed by atoms with Crippen molar-refractivity contribution in [2.24, 2.45) is 0 Å². The Balaban J connectivity index is 0. The molecule has 14 heavy (non-hydrogen) atoms. The molecular weight excluding hydrogens is 186 g/mol. The summed E-state index contributed by atoms with van der Waals surface area (Å²) in [4.78, 5) is 21.2. The van der Waals surface area contributed by atoms with Crippen molar-refractivity contribution in [1.29, 1.82) is 0 Å². The summed E-state index contributed by atoms with van der Waals surface area (Å²) < 4.78 is 0. The third-order valence-corrected chi connectivity index (χ3v) is 1.64. The second kappa shape index (κ2) is 9.98. The van der Waals surface area contributed by atoms with Gasteiger partial charge in [0.15, 0.2) is 0 Å². The van der Waals surface area contributed by atoms with Crippen LogP contribution in [0.5, 0.6) is 0 Å². The first-order valence-electron chi connectivity index (χ1n) is 4.63. The predicted molar refractivity (Wildman–Crippen MR) is 53.4 cm³/mol. The highest BCUT2D eigenvalue weighted by Gasteiger charge is 2.01. The summed E-state index contributed by atoms with van der Waals surface area (Å²) in [6.45, 7) is 10.1. The van der Waals surface area contributed by atoms with E-state index < -0.39 is 18.4 Å². The zero-order valence-corrected chi connectivity index (χ0v) is 8.99. The van der Waals surface area contributed by atoms with Crippen LogP contribution in [-0.4, -0.2) is 46.7 Å². The third-order valence-electron chi connectivity index (χ3n) is 1.64. The van der Waals surface area contributed by atoms with Gasteiger partial charge in [-0.3, -0.25) is 9.59 Å². The molecule has 0 aromatic heterocycles. The Hall–Kier alpha value is -1.10. The molecule has 0 aliphatic rings. The lowest BCUT2D eigenvalue weighted by molar-refractivity contribution is -0.147. The minimum Gasteiger partial charge on any atom is -0.481 e. The largest absolute Gasteiger partial charge is 0.481 e. The van der Waals surface area contributed by atoms with E-state index in [9.17, 15) is 9.59 Å². The maximum absolute atomic E-state index is 9.43. The maximum atomic E-state index is 9.43. The highest BCUT2D eigenvalue weighted by molar-refractivity contribution is 5.88. The average molecular weight is 205 g/mol. The normalized spacial score (nSPS) is 9.14. The third kappa shape index (κ3) is 13.5. The van der Waals surface area contributed by atoms with Crippen LogP contribution in [-0.2, 0) is 9.59 Å². The van der Waals surface area contributed by atoms with Gasteiger partial charge in [0.05, 0.1) is 0 Å². The second-order valence-electron chi connectivity index (χ2n) is 2.58. The number of carboxylic acid groups (broad SMARTS) is 2. The molecule has 0 amide bonds. The summed E-state index contributed by atoms with van der Waals surface area (Å²) in [6, 6.07) is 0. The lowest BCUT2D eigenvalue weighted by Gasteiger charge is -2.13. The maximum Gasteiger partial charge on any atom is 0.314 e. The first-order chi connectivity index (χ1) is 6.47. The van der Waals surface area contributed by atoms with Gasteiger partial charge in [0.1, 0.15) is 6.42 Å². The molecule has 5 nitrogen and oxygen atoms in total. The molecule has 0 aliphatic heterocycles. The van der Waals surface area contributed by atoms with E-state index in [4.69, 9.17) is 10.2 Å². The number of rotatable bonds is 5. The molecule has 0 aromatic carbocycles. The fourth-order valence-corrected chi connectivity index (χ4v) is 0.800. The summed E-state index contributed by atoms with van der Waals surface area (Å²) >= 11 is 0. The summed E-state index contributed by atoms with van der Waals surface area (Å²) in [5.74, 6) is -2.62. The van der Waals surface area contributed by atoms with Crippen LogP contribution in [0.25, 0.3) is 0 Å². The van der Waals surface area contributed by atoms with Crippen LogP contribution in [0.2, 0.25) is 0 Å². The number of carboxylic acids is 2. The van der Waals surface area contributed by atoms with E-state index in [1.807, 2.05) is 0 Å². The molecule has 0 unspecified atom stereocenters. The topological polar surface area (TPSA) is 77.8 Å². The number of hydrogen-bond donors (Lipinski definition) is 2. The Morgan fingerprint density at radius 2 is 1.21 bits per heavy atom. The number of nitrogens with zero attached hydrogens (tertiary/aromatic N) is 1. The van der Waals surface area contributed by atoms with E-state index in [0.717, 1.165) is 0 Å². The lowest BCUT2D eigenvalue weighted by atomic mass is 10.5. The molecule has 84 valence electrons. The molecule has 0 aliphatic carbocycles. The SMILES string of the molecule is CCN(CC)CC.O=C(O)CC(=O)O. The van der Waals surface area contributed by atoms with Crippen LogP contribution in [0.4, 0.5) is 0 Å². The van der Waals surface area contributed by atoms with Gasteiger partial charge in [-0.25, -0.2) is 0 Å². The van der Waals surface area contributed by atoms with Crippen LogP contribution >= 0.6 is 0 Å². The van der Waals surface area contributed by atoms with Gasteiger partial charge >= 0.3 is 11.9 Å². The molecule has 5 heteroatoms. The first-order valence-corrected chi connectivity index (χ1v) is 4.63. The summed E-state index contributed by atoms with van der Waals surface area (Å²) in [6.07, 6.45) is -0.806. The molecular formula is C9H19NO4. The summed E-state index contributed by atoms with van der Waals surface area (Å²) in [5, 5.41) is 15.4. The Kier molecular flexibility index (Phi) is 11.0. The minimum absolute atomic E-state index is 0.806. The van der Waals surface area contributed by atoms with Crippen LogP contribution in [0.3, 0.4) is 0 Å². The Morgan fingerprint density at radius 1 is 0.929 bits per heavy atom. The predicted octanol–water partition coefficient (Wildman–Crippen LogP) is 0.894. The van der Waals surface area contributed by atoms with Gasteiger partial charge in [-0.1, -0.05) is 20.8 Å². The standard InChI is InChI=1S/C6H15N.C3H4O4/c1-4-7(5-2)6-3;4-2(5)1-3(6)7/h4-6H2,1-3H3;1H2,(H,4,5)(H,6,7). The highest BCUT2D eigenvalue weighted by Crippen LogP contribution is 1.81. The molecule has 0 radical (unpaired) electrons. The van der Waals surface area contributed by atoms with Crippen molar-refractivity contribution in [1.82, 2.24) is 4.90 Å². The second-order valence-corrected chi connectivity index (χ2v) is 2.58. The van der Waals surface area contributed by atoms with Gasteiger partial charge in [-0.05, 0) is 19.6 Å². The van der Waals surface area contributed by atoms with Gasteiger partial charge in [-0.15, -0.1) is 0 Å². The van der Waals surface area contributed by atoms with Gasteiger partial charge in [0.2, 0.25) is 0 Å². The summed E-state index contributed by atoms with van der Waals surface area (Å²) in [7, 11) is 0. The van der Waals surface area contributed by atoms with Crippen molar-refractivity contribution in [3.8, 4) is 0 Å². The summed E-state index contributed by atoms with van der Waals surface area (Å²) in [5.41, 5.74) is 0. The molecule has 0 fully saturated rings. The Labute approximate surface area is 84.3 Å². The van der Waals surface area contributed by atoms with Crippen molar-refractivity contribution in [3.05, 3.63) is 0 Å². The minimum atomic E-state index is -1.31. The van der Waals surface area contributed by atoms with Gasteiger partial charge < -0.3 is 15.1 Å². The Bertz CT molecular complexity index is 149. The number of hydrogen-bond acceptors (Lipinski definition) is 3. The monoisotopic (exact) mass is 205 g/mol. The van der Waals surface area contributed by atoms with Crippen LogP contribution in [0.15, 0.2) is 0 Å². The van der Waals surface area contributed by atoms with E-state index in [1.165, 1.54) is 19.6 Å². The smallest absolute Gasteiger partial charge is 0.314 e. The molecule has 0 heterocycles. The van der Waals surface area contributed by atoms with Crippen LogP contribution < -0.4 is 0 Å². The average Bonchev–Trinajstić information content (AvgIpc) is 2.06. The quantitative estimate of drug-likeness (QED) is 0.652. The molecule has 0 bridgehead atoms. The molecule has 0 atom stereocenters. The van der Waals surface area contributed by atoms with Crippen LogP contribution in [0, 0.1) is 0 Å². The van der Waals surface area contributed by atoms with Crippen molar-refractivity contribution >= 4 is 11.9 Å². The van der Waals surface area contributed by atoms with E-state index in [1.54, 1.807) is 0 Å².